The molecule has 136 valence electrons. The number of nitrogens with one attached hydrogen (secondary N) is 1. The molecule has 0 spiro atoms. The van der Waals surface area contributed by atoms with Gasteiger partial charge in [-0.05, 0) is 60.4 Å². The molecule has 0 radical (unpaired) electrons. The van der Waals surface area contributed by atoms with E-state index >= 15 is 0 Å². The van der Waals surface area contributed by atoms with Gasteiger partial charge in [0.2, 0.25) is 0 Å². The van der Waals surface area contributed by atoms with Crippen molar-refractivity contribution in [2.24, 2.45) is 5.10 Å². The van der Waals surface area contributed by atoms with Crippen LogP contribution >= 0.6 is 0 Å². The predicted molar refractivity (Wildman–Crippen MR) is 108 cm³/mol. The standard InChI is InChI=1S/C23H22N2O2/c1-17-11-12-21(13-18(17)2)23(26)25-24-15-20-9-6-10-22(14-20)27-16-19-7-4-3-5-8-19/h3-15H,16H2,1-2H3,(H,25,26)/b24-15+. The van der Waals surface area contributed by atoms with Crippen LogP contribution in [-0.2, 0) is 6.61 Å². The molecule has 0 atom stereocenters. The van der Waals surface area contributed by atoms with Crippen LogP contribution in [0.25, 0.3) is 0 Å². The minimum atomic E-state index is -0.231. The molecule has 0 unspecified atom stereocenters. The van der Waals surface area contributed by atoms with E-state index < -0.39 is 0 Å². The lowest BCUT2D eigenvalue weighted by Gasteiger charge is -2.07. The van der Waals surface area contributed by atoms with Crippen LogP contribution in [0.3, 0.4) is 0 Å². The molecule has 0 aromatic heterocycles. The molecule has 0 saturated heterocycles. The molecule has 0 fully saturated rings. The Hall–Kier alpha value is -3.40. The monoisotopic (exact) mass is 358 g/mol. The number of ether oxygens (including phenoxy) is 1. The second-order valence-electron chi connectivity index (χ2n) is 6.34. The molecule has 27 heavy (non-hydrogen) atoms. The summed E-state index contributed by atoms with van der Waals surface area (Å²) in [6.45, 7) is 4.50. The summed E-state index contributed by atoms with van der Waals surface area (Å²) in [5.41, 5.74) is 7.34. The quantitative estimate of drug-likeness (QED) is 0.515. The molecule has 0 bridgehead atoms. The third kappa shape index (κ3) is 5.28. The molecule has 0 heterocycles. The number of hydrogen-bond donors (Lipinski definition) is 1. The second-order valence-corrected chi connectivity index (χ2v) is 6.34. The molecular weight excluding hydrogens is 336 g/mol. The Morgan fingerprint density at radius 3 is 2.56 bits per heavy atom. The van der Waals surface area contributed by atoms with E-state index in [0.717, 1.165) is 28.0 Å². The van der Waals surface area contributed by atoms with E-state index in [1.54, 1.807) is 12.3 Å². The number of hydrazone groups is 1. The number of benzene rings is 3. The highest BCUT2D eigenvalue weighted by atomic mass is 16.5. The first kappa shape index (κ1) is 18.4. The Morgan fingerprint density at radius 1 is 0.963 bits per heavy atom. The average molecular weight is 358 g/mol. The number of nitrogens with zero attached hydrogens (tertiary/aromatic N) is 1. The molecule has 3 aromatic rings. The first-order chi connectivity index (χ1) is 13.1. The van der Waals surface area contributed by atoms with Gasteiger partial charge in [-0.15, -0.1) is 0 Å². The number of carbonyl (C=O) groups excluding carboxylic acids is 1. The van der Waals surface area contributed by atoms with Gasteiger partial charge in [0.05, 0.1) is 6.21 Å². The van der Waals surface area contributed by atoms with E-state index in [0.29, 0.717) is 12.2 Å². The number of hydrogen-bond acceptors (Lipinski definition) is 3. The molecule has 0 aliphatic carbocycles. The Balaban J connectivity index is 1.58. The van der Waals surface area contributed by atoms with Crippen LogP contribution < -0.4 is 10.2 Å². The highest BCUT2D eigenvalue weighted by Gasteiger charge is 2.05. The van der Waals surface area contributed by atoms with Crippen molar-refractivity contribution < 1.29 is 9.53 Å². The Bertz CT molecular complexity index is 950. The third-order valence-corrected chi connectivity index (χ3v) is 4.26. The van der Waals surface area contributed by atoms with Crippen molar-refractivity contribution in [2.75, 3.05) is 0 Å². The van der Waals surface area contributed by atoms with Gasteiger partial charge < -0.3 is 4.74 Å². The molecule has 0 aliphatic rings. The third-order valence-electron chi connectivity index (χ3n) is 4.26. The number of carbonyl (C=O) groups is 1. The maximum atomic E-state index is 12.2. The van der Waals surface area contributed by atoms with Crippen LogP contribution in [0.4, 0.5) is 0 Å². The maximum Gasteiger partial charge on any atom is 0.271 e. The summed E-state index contributed by atoms with van der Waals surface area (Å²) in [7, 11) is 0. The zero-order chi connectivity index (χ0) is 19.1. The van der Waals surface area contributed by atoms with Crippen LogP contribution in [0.15, 0.2) is 77.9 Å². The zero-order valence-electron chi connectivity index (χ0n) is 15.5. The van der Waals surface area contributed by atoms with E-state index in [4.69, 9.17) is 4.74 Å². The Kier molecular flexibility index (Phi) is 6.00. The van der Waals surface area contributed by atoms with E-state index in [-0.39, 0.29) is 5.91 Å². The van der Waals surface area contributed by atoms with Gasteiger partial charge in [-0.25, -0.2) is 5.43 Å². The molecule has 4 nitrogen and oxygen atoms in total. The summed E-state index contributed by atoms with van der Waals surface area (Å²) in [4.78, 5) is 12.2. The summed E-state index contributed by atoms with van der Waals surface area (Å²) < 4.78 is 5.80. The minimum Gasteiger partial charge on any atom is -0.489 e. The number of amides is 1. The molecule has 1 N–H and O–H groups in total. The largest absolute Gasteiger partial charge is 0.489 e. The topological polar surface area (TPSA) is 50.7 Å². The zero-order valence-corrected chi connectivity index (χ0v) is 15.5. The molecule has 4 heteroatoms. The summed E-state index contributed by atoms with van der Waals surface area (Å²) in [6, 6.07) is 23.2. The van der Waals surface area contributed by atoms with Gasteiger partial charge >= 0.3 is 0 Å². The summed E-state index contributed by atoms with van der Waals surface area (Å²) >= 11 is 0. The van der Waals surface area contributed by atoms with Crippen LogP contribution in [0.2, 0.25) is 0 Å². The van der Waals surface area contributed by atoms with Gasteiger partial charge in [0.15, 0.2) is 0 Å². The van der Waals surface area contributed by atoms with E-state index in [1.807, 2.05) is 80.6 Å². The maximum absolute atomic E-state index is 12.2. The van der Waals surface area contributed by atoms with Crippen molar-refractivity contribution in [3.63, 3.8) is 0 Å². The molecular formula is C23H22N2O2. The SMILES string of the molecule is Cc1ccc(C(=O)N/N=C/c2cccc(OCc3ccccc3)c2)cc1C. The molecule has 0 aliphatic heterocycles. The van der Waals surface area contributed by atoms with Gasteiger partial charge in [-0.3, -0.25) is 4.79 Å². The van der Waals surface area contributed by atoms with Gasteiger partial charge in [0.1, 0.15) is 12.4 Å². The highest BCUT2D eigenvalue weighted by molar-refractivity contribution is 5.95. The normalized spacial score (nSPS) is 10.7. The number of aryl methyl sites for hydroxylation is 2. The van der Waals surface area contributed by atoms with E-state index in [9.17, 15) is 4.79 Å². The molecule has 0 saturated carbocycles. The fraction of sp³-hybridized carbons (Fsp3) is 0.130. The predicted octanol–water partition coefficient (Wildman–Crippen LogP) is 4.65. The van der Waals surface area contributed by atoms with Crippen LogP contribution in [0, 0.1) is 13.8 Å². The summed E-state index contributed by atoms with van der Waals surface area (Å²) in [5.74, 6) is 0.522. The highest BCUT2D eigenvalue weighted by Crippen LogP contribution is 2.14. The minimum absolute atomic E-state index is 0.231. The van der Waals surface area contributed by atoms with Gasteiger partial charge in [-0.1, -0.05) is 48.5 Å². The molecule has 3 aromatic carbocycles. The lowest BCUT2D eigenvalue weighted by Crippen LogP contribution is -2.17. The average Bonchev–Trinajstić information content (AvgIpc) is 2.69. The van der Waals surface area contributed by atoms with Crippen molar-refractivity contribution in [3.05, 3.63) is 101 Å². The van der Waals surface area contributed by atoms with E-state index in [2.05, 4.69) is 10.5 Å². The Morgan fingerprint density at radius 2 is 1.78 bits per heavy atom. The van der Waals surface area contributed by atoms with Crippen LogP contribution in [0.1, 0.15) is 32.6 Å². The fourth-order valence-electron chi connectivity index (χ4n) is 2.54. The molecule has 3 rings (SSSR count). The summed E-state index contributed by atoms with van der Waals surface area (Å²) in [5, 5.41) is 4.05. The van der Waals surface area contributed by atoms with Crippen molar-refractivity contribution in [2.45, 2.75) is 20.5 Å². The van der Waals surface area contributed by atoms with Crippen molar-refractivity contribution in [1.82, 2.24) is 5.43 Å². The lowest BCUT2D eigenvalue weighted by molar-refractivity contribution is 0.0955. The van der Waals surface area contributed by atoms with Crippen LogP contribution in [0.5, 0.6) is 5.75 Å². The van der Waals surface area contributed by atoms with Gasteiger partial charge in [0, 0.05) is 5.56 Å². The van der Waals surface area contributed by atoms with Gasteiger partial charge in [-0.2, -0.15) is 5.10 Å². The first-order valence-corrected chi connectivity index (χ1v) is 8.79. The second kappa shape index (κ2) is 8.81. The fourth-order valence-corrected chi connectivity index (χ4v) is 2.54. The van der Waals surface area contributed by atoms with E-state index in [1.165, 1.54) is 0 Å². The van der Waals surface area contributed by atoms with Gasteiger partial charge in [0.25, 0.3) is 5.91 Å². The first-order valence-electron chi connectivity index (χ1n) is 8.79. The lowest BCUT2D eigenvalue weighted by atomic mass is 10.1. The summed E-state index contributed by atoms with van der Waals surface area (Å²) in [6.07, 6.45) is 1.61. The van der Waals surface area contributed by atoms with Crippen molar-refractivity contribution in [1.29, 1.82) is 0 Å². The smallest absolute Gasteiger partial charge is 0.271 e. The molecule has 1 amide bonds. The number of rotatable bonds is 6. The Labute approximate surface area is 159 Å². The van der Waals surface area contributed by atoms with Crippen LogP contribution in [-0.4, -0.2) is 12.1 Å². The van der Waals surface area contributed by atoms with Crippen molar-refractivity contribution >= 4 is 12.1 Å². The van der Waals surface area contributed by atoms with Crippen molar-refractivity contribution in [3.8, 4) is 5.75 Å².